The summed E-state index contributed by atoms with van der Waals surface area (Å²) in [5, 5.41) is 1.09. The Balaban J connectivity index is 1.77. The van der Waals surface area contributed by atoms with E-state index in [9.17, 15) is 0 Å². The zero-order valence-corrected chi connectivity index (χ0v) is 12.7. The van der Waals surface area contributed by atoms with Crippen LogP contribution in [0.3, 0.4) is 0 Å². The number of aromatic nitrogens is 1. The van der Waals surface area contributed by atoms with Gasteiger partial charge >= 0.3 is 0 Å². The van der Waals surface area contributed by atoms with Crippen LogP contribution in [0.2, 0.25) is 0 Å². The molecular formula is C20H15NO2. The summed E-state index contributed by atoms with van der Waals surface area (Å²) in [4.78, 5) is 4.18. The first-order valence-electron chi connectivity index (χ1n) is 7.41. The average Bonchev–Trinajstić information content (AvgIpc) is 3.06. The van der Waals surface area contributed by atoms with Crippen LogP contribution in [0.1, 0.15) is 0 Å². The van der Waals surface area contributed by atoms with Crippen molar-refractivity contribution in [2.75, 3.05) is 7.11 Å². The van der Waals surface area contributed by atoms with Crippen molar-refractivity contribution < 1.29 is 9.15 Å². The fraction of sp³-hybridized carbons (Fsp3) is 0.0500. The Morgan fingerprint density at radius 3 is 2.48 bits per heavy atom. The third kappa shape index (κ3) is 2.46. The molecule has 0 spiro atoms. The number of ether oxygens (including phenoxy) is 1. The van der Waals surface area contributed by atoms with E-state index in [-0.39, 0.29) is 0 Å². The molecular weight excluding hydrogens is 286 g/mol. The van der Waals surface area contributed by atoms with Crippen molar-refractivity contribution in [2.45, 2.75) is 0 Å². The average molecular weight is 301 g/mol. The maximum Gasteiger partial charge on any atom is 0.135 e. The van der Waals surface area contributed by atoms with Crippen LogP contribution in [0.5, 0.6) is 5.75 Å². The highest BCUT2D eigenvalue weighted by Crippen LogP contribution is 2.33. The second-order valence-electron chi connectivity index (χ2n) is 5.33. The van der Waals surface area contributed by atoms with Gasteiger partial charge in [-0.05, 0) is 41.5 Å². The number of pyridine rings is 1. The van der Waals surface area contributed by atoms with E-state index in [1.165, 1.54) is 0 Å². The van der Waals surface area contributed by atoms with Crippen molar-refractivity contribution in [3.05, 3.63) is 73.3 Å². The van der Waals surface area contributed by atoms with E-state index in [4.69, 9.17) is 9.15 Å². The Hall–Kier alpha value is -3.07. The van der Waals surface area contributed by atoms with Gasteiger partial charge in [0.1, 0.15) is 11.3 Å². The molecule has 0 aliphatic carbocycles. The zero-order chi connectivity index (χ0) is 15.6. The summed E-state index contributed by atoms with van der Waals surface area (Å²) >= 11 is 0. The smallest absolute Gasteiger partial charge is 0.135 e. The van der Waals surface area contributed by atoms with Crippen LogP contribution >= 0.6 is 0 Å². The molecule has 0 saturated carbocycles. The summed E-state index contributed by atoms with van der Waals surface area (Å²) in [6, 6.07) is 18.3. The van der Waals surface area contributed by atoms with Gasteiger partial charge in [0, 0.05) is 28.9 Å². The molecule has 112 valence electrons. The minimum atomic E-state index is 0.853. The molecule has 0 aliphatic rings. The number of furan rings is 1. The van der Waals surface area contributed by atoms with Crippen LogP contribution in [-0.2, 0) is 0 Å². The number of hydrogen-bond acceptors (Lipinski definition) is 3. The highest BCUT2D eigenvalue weighted by atomic mass is 16.5. The van der Waals surface area contributed by atoms with Gasteiger partial charge in [-0.15, -0.1) is 0 Å². The molecule has 0 aliphatic heterocycles. The van der Waals surface area contributed by atoms with E-state index in [0.717, 1.165) is 39.0 Å². The quantitative estimate of drug-likeness (QED) is 0.523. The third-order valence-electron chi connectivity index (χ3n) is 3.97. The summed E-state index contributed by atoms with van der Waals surface area (Å²) in [6.45, 7) is 0. The van der Waals surface area contributed by atoms with Crippen LogP contribution in [-0.4, -0.2) is 12.1 Å². The molecule has 3 heteroatoms. The second-order valence-corrected chi connectivity index (χ2v) is 5.33. The monoisotopic (exact) mass is 301 g/mol. The highest BCUT2D eigenvalue weighted by Gasteiger charge is 2.09. The minimum absolute atomic E-state index is 0.853. The van der Waals surface area contributed by atoms with Gasteiger partial charge in [-0.1, -0.05) is 24.3 Å². The summed E-state index contributed by atoms with van der Waals surface area (Å²) in [5.41, 5.74) is 5.24. The number of methoxy groups -OCH3 is 1. The van der Waals surface area contributed by atoms with Crippen molar-refractivity contribution in [3.63, 3.8) is 0 Å². The van der Waals surface area contributed by atoms with Gasteiger partial charge in [-0.25, -0.2) is 0 Å². The zero-order valence-electron chi connectivity index (χ0n) is 12.7. The van der Waals surface area contributed by atoms with Gasteiger partial charge < -0.3 is 9.15 Å². The van der Waals surface area contributed by atoms with Crippen molar-refractivity contribution in [3.8, 4) is 28.0 Å². The van der Waals surface area contributed by atoms with E-state index < -0.39 is 0 Å². The Morgan fingerprint density at radius 2 is 1.74 bits per heavy atom. The van der Waals surface area contributed by atoms with Crippen LogP contribution in [0.4, 0.5) is 0 Å². The topological polar surface area (TPSA) is 35.3 Å². The number of fused-ring (bicyclic) bond motifs is 1. The molecule has 0 N–H and O–H groups in total. The lowest BCUT2D eigenvalue weighted by Gasteiger charge is -2.04. The molecule has 0 radical (unpaired) electrons. The molecule has 0 saturated heterocycles. The van der Waals surface area contributed by atoms with E-state index in [2.05, 4.69) is 23.2 Å². The third-order valence-corrected chi connectivity index (χ3v) is 3.97. The number of benzene rings is 2. The molecule has 0 atom stereocenters. The fourth-order valence-electron chi connectivity index (χ4n) is 2.74. The molecule has 2 aromatic carbocycles. The lowest BCUT2D eigenvalue weighted by Crippen LogP contribution is -1.83. The number of rotatable bonds is 3. The molecule has 4 rings (SSSR count). The molecule has 0 bridgehead atoms. The number of nitrogens with zero attached hydrogens (tertiary/aromatic N) is 1. The van der Waals surface area contributed by atoms with Gasteiger partial charge in [-0.2, -0.15) is 0 Å². The molecule has 4 aromatic rings. The van der Waals surface area contributed by atoms with Crippen molar-refractivity contribution in [1.29, 1.82) is 0 Å². The standard InChI is InChI=1S/C20H15NO2/c1-22-17-7-4-14(5-8-17)15-6-9-18-19(13-23-20(18)11-15)16-3-2-10-21-12-16/h2-13H,1H3. The van der Waals surface area contributed by atoms with E-state index >= 15 is 0 Å². The van der Waals surface area contributed by atoms with Crippen molar-refractivity contribution in [1.82, 2.24) is 4.98 Å². The minimum Gasteiger partial charge on any atom is -0.497 e. The highest BCUT2D eigenvalue weighted by molar-refractivity contribution is 5.95. The lowest BCUT2D eigenvalue weighted by molar-refractivity contribution is 0.415. The Morgan fingerprint density at radius 1 is 0.913 bits per heavy atom. The summed E-state index contributed by atoms with van der Waals surface area (Å²) in [5.74, 6) is 0.853. The van der Waals surface area contributed by atoms with Crippen LogP contribution < -0.4 is 4.74 Å². The van der Waals surface area contributed by atoms with Crippen molar-refractivity contribution >= 4 is 11.0 Å². The van der Waals surface area contributed by atoms with E-state index in [1.807, 2.05) is 42.6 Å². The first-order chi connectivity index (χ1) is 11.3. The Labute approximate surface area is 134 Å². The molecule has 3 nitrogen and oxygen atoms in total. The second kappa shape index (κ2) is 5.61. The van der Waals surface area contributed by atoms with Crippen LogP contribution in [0.15, 0.2) is 77.7 Å². The summed E-state index contributed by atoms with van der Waals surface area (Å²) < 4.78 is 11.0. The molecule has 0 unspecified atom stereocenters. The predicted octanol–water partition coefficient (Wildman–Crippen LogP) is 5.17. The predicted molar refractivity (Wildman–Crippen MR) is 91.4 cm³/mol. The van der Waals surface area contributed by atoms with Gasteiger partial charge in [0.2, 0.25) is 0 Å². The van der Waals surface area contributed by atoms with Crippen LogP contribution in [0, 0.1) is 0 Å². The largest absolute Gasteiger partial charge is 0.497 e. The Bertz CT molecular complexity index is 940. The van der Waals surface area contributed by atoms with E-state index in [0.29, 0.717) is 0 Å². The van der Waals surface area contributed by atoms with Gasteiger partial charge in [0.05, 0.1) is 13.4 Å². The Kier molecular flexibility index (Phi) is 3.31. The summed E-state index contributed by atoms with van der Waals surface area (Å²) in [7, 11) is 1.67. The van der Waals surface area contributed by atoms with Gasteiger partial charge in [0.15, 0.2) is 0 Å². The first-order valence-corrected chi connectivity index (χ1v) is 7.41. The molecule has 2 aromatic heterocycles. The molecule has 0 fully saturated rings. The van der Waals surface area contributed by atoms with E-state index in [1.54, 1.807) is 19.6 Å². The lowest BCUT2D eigenvalue weighted by atomic mass is 10.0. The van der Waals surface area contributed by atoms with Crippen molar-refractivity contribution in [2.24, 2.45) is 0 Å². The SMILES string of the molecule is COc1ccc(-c2ccc3c(-c4cccnc4)coc3c2)cc1. The normalized spacial score (nSPS) is 10.8. The molecule has 23 heavy (non-hydrogen) atoms. The number of hydrogen-bond donors (Lipinski definition) is 0. The molecule has 2 heterocycles. The summed E-state index contributed by atoms with van der Waals surface area (Å²) in [6.07, 6.45) is 5.41. The molecule has 0 amide bonds. The van der Waals surface area contributed by atoms with Crippen LogP contribution in [0.25, 0.3) is 33.2 Å². The maximum absolute atomic E-state index is 5.76. The van der Waals surface area contributed by atoms with Gasteiger partial charge in [0.25, 0.3) is 0 Å². The van der Waals surface area contributed by atoms with Gasteiger partial charge in [-0.3, -0.25) is 4.98 Å². The maximum atomic E-state index is 5.76. The first kappa shape index (κ1) is 13.6. The fourth-order valence-corrected chi connectivity index (χ4v) is 2.74.